The van der Waals surface area contributed by atoms with Gasteiger partial charge in [0.15, 0.2) is 0 Å². The highest BCUT2D eigenvalue weighted by molar-refractivity contribution is 5.45. The Labute approximate surface area is 120 Å². The molecule has 20 heavy (non-hydrogen) atoms. The molecule has 0 radical (unpaired) electrons. The minimum Gasteiger partial charge on any atom is -0.492 e. The van der Waals surface area contributed by atoms with Gasteiger partial charge in [0.1, 0.15) is 5.75 Å². The zero-order chi connectivity index (χ0) is 14.2. The van der Waals surface area contributed by atoms with E-state index < -0.39 is 6.10 Å². The van der Waals surface area contributed by atoms with Crippen LogP contribution in [0.15, 0.2) is 48.5 Å². The summed E-state index contributed by atoms with van der Waals surface area (Å²) in [5, 5.41) is 10.4. The van der Waals surface area contributed by atoms with Gasteiger partial charge in [-0.05, 0) is 23.3 Å². The SMILES string of the molecule is CC1(C)COc2ccc(C(O)Cc3ccccc3)cc21. The monoisotopic (exact) mass is 268 g/mol. The molecule has 104 valence electrons. The fourth-order valence-corrected chi connectivity index (χ4v) is 2.70. The second-order valence-electron chi connectivity index (χ2n) is 6.13. The smallest absolute Gasteiger partial charge is 0.123 e. The van der Waals surface area contributed by atoms with E-state index in [1.807, 2.05) is 42.5 Å². The molecule has 2 nitrogen and oxygen atoms in total. The van der Waals surface area contributed by atoms with Crippen LogP contribution in [0, 0.1) is 0 Å². The van der Waals surface area contributed by atoms with Crippen molar-refractivity contribution in [2.24, 2.45) is 0 Å². The molecule has 1 atom stereocenters. The van der Waals surface area contributed by atoms with Gasteiger partial charge in [0, 0.05) is 17.4 Å². The zero-order valence-electron chi connectivity index (χ0n) is 12.0. The van der Waals surface area contributed by atoms with Crippen molar-refractivity contribution >= 4 is 0 Å². The predicted octanol–water partition coefficient (Wildman–Crippen LogP) is 3.63. The van der Waals surface area contributed by atoms with Crippen molar-refractivity contribution in [3.05, 3.63) is 65.2 Å². The normalized spacial score (nSPS) is 17.4. The van der Waals surface area contributed by atoms with Crippen LogP contribution in [-0.2, 0) is 11.8 Å². The number of aliphatic hydroxyl groups is 1. The summed E-state index contributed by atoms with van der Waals surface area (Å²) in [5.41, 5.74) is 3.34. The lowest BCUT2D eigenvalue weighted by atomic mass is 9.85. The molecule has 1 heterocycles. The lowest BCUT2D eigenvalue weighted by Crippen LogP contribution is -2.18. The molecule has 1 N–H and O–H groups in total. The summed E-state index contributed by atoms with van der Waals surface area (Å²) < 4.78 is 5.69. The van der Waals surface area contributed by atoms with Crippen molar-refractivity contribution in [1.29, 1.82) is 0 Å². The van der Waals surface area contributed by atoms with E-state index in [4.69, 9.17) is 4.74 Å². The molecular weight excluding hydrogens is 248 g/mol. The van der Waals surface area contributed by atoms with E-state index in [1.54, 1.807) is 0 Å². The maximum atomic E-state index is 10.4. The first-order valence-electron chi connectivity index (χ1n) is 7.05. The number of fused-ring (bicyclic) bond motifs is 1. The summed E-state index contributed by atoms with van der Waals surface area (Å²) in [4.78, 5) is 0. The van der Waals surface area contributed by atoms with Crippen molar-refractivity contribution < 1.29 is 9.84 Å². The van der Waals surface area contributed by atoms with Gasteiger partial charge in [-0.15, -0.1) is 0 Å². The van der Waals surface area contributed by atoms with Crippen molar-refractivity contribution in [1.82, 2.24) is 0 Å². The zero-order valence-corrected chi connectivity index (χ0v) is 12.0. The standard InChI is InChI=1S/C18H20O2/c1-18(2)12-20-17-9-8-14(11-15(17)18)16(19)10-13-6-4-3-5-7-13/h3-9,11,16,19H,10,12H2,1-2H3. The second kappa shape index (κ2) is 4.95. The molecule has 0 saturated heterocycles. The summed E-state index contributed by atoms with van der Waals surface area (Å²) in [6, 6.07) is 16.1. The molecule has 0 spiro atoms. The molecule has 2 heteroatoms. The van der Waals surface area contributed by atoms with Crippen LogP contribution in [0.5, 0.6) is 5.75 Å². The van der Waals surface area contributed by atoms with Crippen LogP contribution in [0.2, 0.25) is 0 Å². The molecule has 2 aromatic rings. The van der Waals surface area contributed by atoms with Gasteiger partial charge in [-0.3, -0.25) is 0 Å². The maximum Gasteiger partial charge on any atom is 0.123 e. The van der Waals surface area contributed by atoms with Gasteiger partial charge in [0.25, 0.3) is 0 Å². The van der Waals surface area contributed by atoms with Crippen LogP contribution in [0.1, 0.15) is 36.6 Å². The van der Waals surface area contributed by atoms with Crippen molar-refractivity contribution in [2.75, 3.05) is 6.61 Å². The summed E-state index contributed by atoms with van der Waals surface area (Å²) in [7, 11) is 0. The van der Waals surface area contributed by atoms with Crippen LogP contribution < -0.4 is 4.74 Å². The molecular formula is C18H20O2. The second-order valence-corrected chi connectivity index (χ2v) is 6.13. The van der Waals surface area contributed by atoms with Crippen LogP contribution in [-0.4, -0.2) is 11.7 Å². The predicted molar refractivity (Wildman–Crippen MR) is 80.1 cm³/mol. The minimum atomic E-state index is -0.473. The summed E-state index contributed by atoms with van der Waals surface area (Å²) in [5.74, 6) is 0.950. The van der Waals surface area contributed by atoms with Gasteiger partial charge < -0.3 is 9.84 Å². The highest BCUT2D eigenvalue weighted by Crippen LogP contribution is 2.39. The van der Waals surface area contributed by atoms with E-state index in [0.29, 0.717) is 13.0 Å². The number of hydrogen-bond donors (Lipinski definition) is 1. The Kier molecular flexibility index (Phi) is 3.27. The van der Waals surface area contributed by atoms with Gasteiger partial charge in [0.05, 0.1) is 12.7 Å². The van der Waals surface area contributed by atoms with Crippen LogP contribution >= 0.6 is 0 Å². The maximum absolute atomic E-state index is 10.4. The Morgan fingerprint density at radius 1 is 1.15 bits per heavy atom. The average molecular weight is 268 g/mol. The Balaban J connectivity index is 1.85. The lowest BCUT2D eigenvalue weighted by molar-refractivity contribution is 0.178. The highest BCUT2D eigenvalue weighted by Gasteiger charge is 2.32. The molecule has 2 aromatic carbocycles. The van der Waals surface area contributed by atoms with E-state index >= 15 is 0 Å². The lowest BCUT2D eigenvalue weighted by Gasteiger charge is -2.17. The highest BCUT2D eigenvalue weighted by atomic mass is 16.5. The number of hydrogen-bond acceptors (Lipinski definition) is 2. The molecule has 0 fully saturated rings. The van der Waals surface area contributed by atoms with Crippen LogP contribution in [0.3, 0.4) is 0 Å². The third-order valence-corrected chi connectivity index (χ3v) is 3.98. The summed E-state index contributed by atoms with van der Waals surface area (Å²) in [6.45, 7) is 5.05. The topological polar surface area (TPSA) is 29.5 Å². The third kappa shape index (κ3) is 2.44. The molecule has 0 amide bonds. The van der Waals surface area contributed by atoms with E-state index in [0.717, 1.165) is 16.9 Å². The molecule has 0 saturated carbocycles. The van der Waals surface area contributed by atoms with Gasteiger partial charge in [0.2, 0.25) is 0 Å². The number of benzene rings is 2. The Morgan fingerprint density at radius 2 is 1.90 bits per heavy atom. The first kappa shape index (κ1) is 13.2. The fourth-order valence-electron chi connectivity index (χ4n) is 2.70. The molecule has 0 aliphatic carbocycles. The molecule has 1 unspecified atom stereocenters. The molecule has 0 aromatic heterocycles. The number of ether oxygens (including phenoxy) is 1. The van der Waals surface area contributed by atoms with Gasteiger partial charge >= 0.3 is 0 Å². The largest absolute Gasteiger partial charge is 0.492 e. The van der Waals surface area contributed by atoms with Crippen LogP contribution in [0.4, 0.5) is 0 Å². The Morgan fingerprint density at radius 3 is 2.65 bits per heavy atom. The average Bonchev–Trinajstić information content (AvgIpc) is 2.75. The fraction of sp³-hybridized carbons (Fsp3) is 0.333. The van der Waals surface area contributed by atoms with Crippen molar-refractivity contribution in [3.63, 3.8) is 0 Å². The minimum absolute atomic E-state index is 0.0256. The Bertz CT molecular complexity index is 602. The van der Waals surface area contributed by atoms with Crippen molar-refractivity contribution in [2.45, 2.75) is 31.8 Å². The van der Waals surface area contributed by atoms with Crippen molar-refractivity contribution in [3.8, 4) is 5.75 Å². The molecule has 1 aliphatic rings. The Hall–Kier alpha value is -1.80. The first-order valence-corrected chi connectivity index (χ1v) is 7.05. The van der Waals surface area contributed by atoms with Gasteiger partial charge in [-0.1, -0.05) is 50.2 Å². The summed E-state index contributed by atoms with van der Waals surface area (Å²) >= 11 is 0. The third-order valence-electron chi connectivity index (χ3n) is 3.98. The first-order chi connectivity index (χ1) is 9.56. The van der Waals surface area contributed by atoms with E-state index in [9.17, 15) is 5.11 Å². The van der Waals surface area contributed by atoms with E-state index in [-0.39, 0.29) is 5.41 Å². The number of aliphatic hydroxyl groups excluding tert-OH is 1. The van der Waals surface area contributed by atoms with Gasteiger partial charge in [-0.2, -0.15) is 0 Å². The van der Waals surface area contributed by atoms with Gasteiger partial charge in [-0.25, -0.2) is 0 Å². The van der Waals surface area contributed by atoms with E-state index in [1.165, 1.54) is 5.56 Å². The van der Waals surface area contributed by atoms with Crippen LogP contribution in [0.25, 0.3) is 0 Å². The summed E-state index contributed by atoms with van der Waals surface area (Å²) in [6.07, 6.45) is 0.167. The molecule has 1 aliphatic heterocycles. The quantitative estimate of drug-likeness (QED) is 0.921. The molecule has 0 bridgehead atoms. The number of rotatable bonds is 3. The van der Waals surface area contributed by atoms with E-state index in [2.05, 4.69) is 19.9 Å². The molecule has 3 rings (SSSR count).